The number of nitrogens with two attached hydrogens (primary N) is 1. The average Bonchev–Trinajstić information content (AvgIpc) is 2.15. The summed E-state index contributed by atoms with van der Waals surface area (Å²) in [6.45, 7) is -0.743. The first-order valence-corrected chi connectivity index (χ1v) is 4.97. The molecule has 0 bridgehead atoms. The Bertz CT molecular complexity index is 366. The molecule has 0 aromatic heterocycles. The van der Waals surface area contributed by atoms with Crippen LogP contribution in [0.3, 0.4) is 0 Å². The van der Waals surface area contributed by atoms with Gasteiger partial charge in [-0.2, -0.15) is 13.2 Å². The minimum Gasteiger partial charge on any atom is -0.366 e. The van der Waals surface area contributed by atoms with Gasteiger partial charge in [-0.25, -0.2) is 0 Å². The number of nitrogens with zero attached hydrogens (tertiary/aromatic N) is 1. The molecule has 90 valence electrons. The predicted octanol–water partition coefficient (Wildman–Crippen LogP) is 2.80. The number of alkyl halides is 3. The summed E-state index contributed by atoms with van der Waals surface area (Å²) in [6, 6.07) is 4.68. The highest BCUT2D eigenvalue weighted by Crippen LogP contribution is 2.25. The average molecular weight is 253 g/mol. The number of halogens is 4. The van der Waals surface area contributed by atoms with Gasteiger partial charge in [0.25, 0.3) is 0 Å². The van der Waals surface area contributed by atoms with Gasteiger partial charge in [-0.3, -0.25) is 0 Å². The first kappa shape index (κ1) is 13.1. The van der Waals surface area contributed by atoms with Crippen LogP contribution in [0, 0.1) is 0 Å². The second kappa shape index (κ2) is 4.93. The van der Waals surface area contributed by atoms with E-state index in [1.807, 2.05) is 0 Å². The molecule has 16 heavy (non-hydrogen) atoms. The zero-order chi connectivity index (χ0) is 12.3. The Labute approximate surface area is 96.8 Å². The lowest BCUT2D eigenvalue weighted by atomic mass is 10.2. The number of hydrogen-bond acceptors (Lipinski definition) is 2. The summed E-state index contributed by atoms with van der Waals surface area (Å²) >= 11 is 5.86. The number of hydrogen-bond donors (Lipinski definition) is 1. The van der Waals surface area contributed by atoms with Crippen molar-refractivity contribution in [1.82, 2.24) is 0 Å². The summed E-state index contributed by atoms with van der Waals surface area (Å²) in [7, 11) is 1.36. The molecule has 0 fully saturated rings. The molecule has 0 aliphatic carbocycles. The van der Waals surface area contributed by atoms with Crippen LogP contribution in [0.4, 0.5) is 18.9 Å². The molecule has 0 saturated carbocycles. The molecule has 1 aromatic carbocycles. The quantitative estimate of drug-likeness (QED) is 0.896. The van der Waals surface area contributed by atoms with E-state index in [4.69, 9.17) is 17.3 Å². The second-order valence-electron chi connectivity index (χ2n) is 3.45. The van der Waals surface area contributed by atoms with E-state index < -0.39 is 12.7 Å². The van der Waals surface area contributed by atoms with Crippen LogP contribution in [0.1, 0.15) is 5.56 Å². The van der Waals surface area contributed by atoms with E-state index in [0.717, 1.165) is 4.90 Å². The lowest BCUT2D eigenvalue weighted by Gasteiger charge is -2.21. The molecule has 0 saturated heterocycles. The van der Waals surface area contributed by atoms with Gasteiger partial charge in [0.1, 0.15) is 6.54 Å². The van der Waals surface area contributed by atoms with E-state index in [9.17, 15) is 13.2 Å². The van der Waals surface area contributed by atoms with Crippen molar-refractivity contribution in [2.45, 2.75) is 12.7 Å². The molecular formula is C10H12ClF3N2. The Kier molecular flexibility index (Phi) is 4.04. The third kappa shape index (κ3) is 3.57. The van der Waals surface area contributed by atoms with Crippen molar-refractivity contribution in [2.24, 2.45) is 5.73 Å². The fourth-order valence-corrected chi connectivity index (χ4v) is 1.55. The van der Waals surface area contributed by atoms with Crippen molar-refractivity contribution in [3.05, 3.63) is 28.8 Å². The van der Waals surface area contributed by atoms with Crippen LogP contribution in [0.2, 0.25) is 5.02 Å². The molecule has 0 atom stereocenters. The van der Waals surface area contributed by atoms with Gasteiger partial charge in [0.05, 0.1) is 0 Å². The van der Waals surface area contributed by atoms with Crippen LogP contribution in [-0.2, 0) is 6.54 Å². The van der Waals surface area contributed by atoms with E-state index in [1.54, 1.807) is 12.1 Å². The summed E-state index contributed by atoms with van der Waals surface area (Å²) in [5.41, 5.74) is 6.53. The van der Waals surface area contributed by atoms with Crippen LogP contribution in [-0.4, -0.2) is 19.8 Å². The molecule has 0 unspecified atom stereocenters. The summed E-state index contributed by atoms with van der Waals surface area (Å²) in [6.07, 6.45) is -4.23. The number of rotatable bonds is 3. The fourth-order valence-electron chi connectivity index (χ4n) is 1.30. The molecule has 0 spiro atoms. The topological polar surface area (TPSA) is 29.3 Å². The van der Waals surface area contributed by atoms with Gasteiger partial charge in [-0.1, -0.05) is 17.7 Å². The minimum atomic E-state index is -4.23. The Morgan fingerprint density at radius 2 is 2.00 bits per heavy atom. The van der Waals surface area contributed by atoms with Crippen LogP contribution < -0.4 is 10.6 Å². The van der Waals surface area contributed by atoms with Gasteiger partial charge in [-0.15, -0.1) is 0 Å². The number of benzene rings is 1. The van der Waals surface area contributed by atoms with E-state index in [0.29, 0.717) is 16.3 Å². The van der Waals surface area contributed by atoms with E-state index in [2.05, 4.69) is 0 Å². The highest BCUT2D eigenvalue weighted by molar-refractivity contribution is 6.31. The lowest BCUT2D eigenvalue weighted by Crippen LogP contribution is -2.30. The fraction of sp³-hybridized carbons (Fsp3) is 0.400. The molecule has 0 heterocycles. The minimum absolute atomic E-state index is 0.266. The molecular weight excluding hydrogens is 241 g/mol. The summed E-state index contributed by atoms with van der Waals surface area (Å²) in [5.74, 6) is 0. The van der Waals surface area contributed by atoms with Crippen molar-refractivity contribution in [3.63, 3.8) is 0 Å². The zero-order valence-electron chi connectivity index (χ0n) is 8.68. The molecule has 0 amide bonds. The highest BCUT2D eigenvalue weighted by Gasteiger charge is 2.29. The standard InChI is InChI=1S/C10H12ClF3N2/c1-16(6-10(12,13)14)8-3-2-7(5-15)9(11)4-8/h2-4H,5-6,15H2,1H3. The summed E-state index contributed by atoms with van der Waals surface area (Å²) in [5, 5.41) is 0.383. The van der Waals surface area contributed by atoms with Gasteiger partial charge in [0, 0.05) is 24.3 Å². The smallest absolute Gasteiger partial charge is 0.366 e. The van der Waals surface area contributed by atoms with Gasteiger partial charge in [-0.05, 0) is 17.7 Å². The lowest BCUT2D eigenvalue weighted by molar-refractivity contribution is -0.119. The SMILES string of the molecule is CN(CC(F)(F)F)c1ccc(CN)c(Cl)c1. The molecule has 0 aliphatic heterocycles. The van der Waals surface area contributed by atoms with Crippen molar-refractivity contribution in [3.8, 4) is 0 Å². The normalized spacial score (nSPS) is 11.6. The van der Waals surface area contributed by atoms with Gasteiger partial charge in [0.15, 0.2) is 0 Å². The molecule has 2 nitrogen and oxygen atoms in total. The van der Waals surface area contributed by atoms with Crippen molar-refractivity contribution >= 4 is 17.3 Å². The van der Waals surface area contributed by atoms with Crippen LogP contribution in [0.15, 0.2) is 18.2 Å². The molecule has 1 rings (SSSR count). The van der Waals surface area contributed by atoms with Crippen molar-refractivity contribution in [1.29, 1.82) is 0 Å². The van der Waals surface area contributed by atoms with Crippen LogP contribution >= 0.6 is 11.6 Å². The molecule has 2 N–H and O–H groups in total. The Morgan fingerprint density at radius 3 is 2.44 bits per heavy atom. The number of anilines is 1. The summed E-state index contributed by atoms with van der Waals surface area (Å²) < 4.78 is 36.4. The molecule has 6 heteroatoms. The largest absolute Gasteiger partial charge is 0.405 e. The van der Waals surface area contributed by atoms with Crippen LogP contribution in [0.25, 0.3) is 0 Å². The monoisotopic (exact) mass is 252 g/mol. The highest BCUT2D eigenvalue weighted by atomic mass is 35.5. The summed E-state index contributed by atoms with van der Waals surface area (Å²) in [4.78, 5) is 1.09. The maximum Gasteiger partial charge on any atom is 0.405 e. The van der Waals surface area contributed by atoms with Crippen molar-refractivity contribution < 1.29 is 13.2 Å². The molecule has 1 aromatic rings. The first-order valence-electron chi connectivity index (χ1n) is 4.60. The van der Waals surface area contributed by atoms with Gasteiger partial charge >= 0.3 is 6.18 Å². The van der Waals surface area contributed by atoms with Gasteiger partial charge < -0.3 is 10.6 Å². The maximum atomic E-state index is 12.1. The Balaban J connectivity index is 2.85. The zero-order valence-corrected chi connectivity index (χ0v) is 9.44. The maximum absolute atomic E-state index is 12.1. The third-order valence-electron chi connectivity index (χ3n) is 2.11. The second-order valence-corrected chi connectivity index (χ2v) is 3.86. The Hall–Kier alpha value is -0.940. The van der Waals surface area contributed by atoms with E-state index in [1.165, 1.54) is 13.1 Å². The van der Waals surface area contributed by atoms with E-state index >= 15 is 0 Å². The van der Waals surface area contributed by atoms with Crippen molar-refractivity contribution in [2.75, 3.05) is 18.5 Å². The first-order chi connectivity index (χ1) is 7.33. The predicted molar refractivity (Wildman–Crippen MR) is 58.7 cm³/mol. The molecule has 0 aliphatic rings. The molecule has 0 radical (unpaired) electrons. The van der Waals surface area contributed by atoms with Gasteiger partial charge in [0.2, 0.25) is 0 Å². The Morgan fingerprint density at radius 1 is 1.38 bits per heavy atom. The van der Waals surface area contributed by atoms with E-state index in [-0.39, 0.29) is 6.54 Å². The van der Waals surface area contributed by atoms with Crippen LogP contribution in [0.5, 0.6) is 0 Å². The third-order valence-corrected chi connectivity index (χ3v) is 2.47.